The Labute approximate surface area is 71.7 Å². The van der Waals surface area contributed by atoms with Gasteiger partial charge in [-0.3, -0.25) is 0 Å². The fourth-order valence-electron chi connectivity index (χ4n) is 1.04. The number of hydrogen-bond donors (Lipinski definition) is 0. The summed E-state index contributed by atoms with van der Waals surface area (Å²) < 4.78 is 0. The minimum Gasteiger partial charge on any atom is -0.245 e. The summed E-state index contributed by atoms with van der Waals surface area (Å²) in [5, 5.41) is 0. The third-order valence-electron chi connectivity index (χ3n) is 1.71. The van der Waals surface area contributed by atoms with Crippen molar-refractivity contribution in [1.29, 1.82) is 0 Å². The van der Waals surface area contributed by atoms with Gasteiger partial charge in [0, 0.05) is 0 Å². The average Bonchev–Trinajstić information content (AvgIpc) is 1.85. The topological polar surface area (TPSA) is 0 Å². The highest BCUT2D eigenvalue weighted by Crippen LogP contribution is 2.22. The normalized spacial score (nSPS) is 11.2. The molecule has 0 aliphatic heterocycles. The molecule has 0 heterocycles. The van der Waals surface area contributed by atoms with Crippen molar-refractivity contribution in [2.75, 3.05) is 0 Å². The summed E-state index contributed by atoms with van der Waals surface area (Å²) in [5.74, 6) is 0. The summed E-state index contributed by atoms with van der Waals surface area (Å²) in [4.78, 5) is 0. The van der Waals surface area contributed by atoms with Gasteiger partial charge < -0.3 is 0 Å². The number of allylic oxidation sites excluding steroid dienone is 1. The highest BCUT2D eigenvalue weighted by Gasteiger charge is 2.07. The van der Waals surface area contributed by atoms with Crippen molar-refractivity contribution in [3.63, 3.8) is 0 Å². The Morgan fingerprint density at radius 3 is 2.36 bits per heavy atom. The zero-order chi connectivity index (χ0) is 8.74. The molecular formula is C11H21-. The van der Waals surface area contributed by atoms with Gasteiger partial charge >= 0.3 is 0 Å². The van der Waals surface area contributed by atoms with Crippen LogP contribution >= 0.6 is 0 Å². The molecule has 0 N–H and O–H groups in total. The third kappa shape index (κ3) is 9.61. The molecule has 0 aromatic carbocycles. The lowest BCUT2D eigenvalue weighted by Crippen LogP contribution is -2.03. The molecule has 0 rings (SSSR count). The molecule has 0 fully saturated rings. The van der Waals surface area contributed by atoms with Crippen LogP contribution in [0.25, 0.3) is 0 Å². The lowest BCUT2D eigenvalue weighted by molar-refractivity contribution is 0.360. The van der Waals surface area contributed by atoms with Gasteiger partial charge in [-0.1, -0.05) is 33.6 Å². The second kappa shape index (κ2) is 5.29. The Kier molecular flexibility index (Phi) is 5.10. The minimum absolute atomic E-state index is 0.508. The first-order valence-corrected chi connectivity index (χ1v) is 4.50. The molecule has 0 saturated carbocycles. The summed E-state index contributed by atoms with van der Waals surface area (Å²) in [5.41, 5.74) is 0.508. The van der Waals surface area contributed by atoms with Gasteiger partial charge in [0.2, 0.25) is 0 Å². The first-order valence-electron chi connectivity index (χ1n) is 4.50. The van der Waals surface area contributed by atoms with E-state index >= 15 is 0 Å². The molecule has 0 aromatic heterocycles. The Hall–Kier alpha value is -0.390. The minimum atomic E-state index is 0.508. The smallest absolute Gasteiger partial charge is 0.0383 e. The van der Waals surface area contributed by atoms with Crippen molar-refractivity contribution in [3.05, 3.63) is 19.1 Å². The standard InChI is InChI=1S/C11H21/c1-5-6-7-8-9-10-11(2,3)4/h5-6H,1,7-10H2,2-4H3/q-1. The molecule has 0 unspecified atom stereocenters. The van der Waals surface area contributed by atoms with E-state index in [1.165, 1.54) is 25.7 Å². The van der Waals surface area contributed by atoms with E-state index in [-0.39, 0.29) is 0 Å². The van der Waals surface area contributed by atoms with Gasteiger partial charge in [0.25, 0.3) is 0 Å². The first kappa shape index (κ1) is 10.6. The van der Waals surface area contributed by atoms with Crippen molar-refractivity contribution < 1.29 is 0 Å². The lowest BCUT2D eigenvalue weighted by Gasteiger charge is -2.17. The van der Waals surface area contributed by atoms with E-state index in [0.29, 0.717) is 5.41 Å². The van der Waals surface area contributed by atoms with Gasteiger partial charge in [-0.2, -0.15) is 0 Å². The summed E-state index contributed by atoms with van der Waals surface area (Å²) >= 11 is 0. The predicted molar refractivity (Wildman–Crippen MR) is 52.4 cm³/mol. The molecule has 0 aliphatic rings. The van der Waals surface area contributed by atoms with Crippen molar-refractivity contribution in [2.45, 2.75) is 46.5 Å². The Morgan fingerprint density at radius 2 is 1.91 bits per heavy atom. The van der Waals surface area contributed by atoms with E-state index in [4.69, 9.17) is 0 Å². The van der Waals surface area contributed by atoms with E-state index in [9.17, 15) is 0 Å². The maximum atomic E-state index is 3.65. The van der Waals surface area contributed by atoms with Crippen LogP contribution in [0.5, 0.6) is 0 Å². The van der Waals surface area contributed by atoms with Gasteiger partial charge in [0.15, 0.2) is 0 Å². The van der Waals surface area contributed by atoms with E-state index in [1.54, 1.807) is 0 Å². The molecule has 0 bridgehead atoms. The van der Waals surface area contributed by atoms with Crippen LogP contribution in [0.15, 0.2) is 12.7 Å². The van der Waals surface area contributed by atoms with Crippen LogP contribution in [0.1, 0.15) is 46.5 Å². The molecule has 66 valence electrons. The molecule has 0 amide bonds. The number of hydrogen-bond acceptors (Lipinski definition) is 0. The highest BCUT2D eigenvalue weighted by atomic mass is 14.1. The summed E-state index contributed by atoms with van der Waals surface area (Å²) in [6.07, 6.45) is 9.20. The maximum Gasteiger partial charge on any atom is -0.0383 e. The third-order valence-corrected chi connectivity index (χ3v) is 1.71. The van der Waals surface area contributed by atoms with Gasteiger partial charge in [-0.25, -0.2) is 19.1 Å². The zero-order valence-corrected chi connectivity index (χ0v) is 8.19. The van der Waals surface area contributed by atoms with Gasteiger partial charge in [-0.05, 0) is 11.8 Å². The molecule has 0 saturated heterocycles. The molecule has 0 heteroatoms. The monoisotopic (exact) mass is 153 g/mol. The zero-order valence-electron chi connectivity index (χ0n) is 8.19. The fourth-order valence-corrected chi connectivity index (χ4v) is 1.04. The molecule has 0 nitrogen and oxygen atoms in total. The highest BCUT2D eigenvalue weighted by molar-refractivity contribution is 4.85. The van der Waals surface area contributed by atoms with Crippen LogP contribution in [-0.4, -0.2) is 0 Å². The molecule has 0 atom stereocenters. The van der Waals surface area contributed by atoms with Crippen molar-refractivity contribution >= 4 is 0 Å². The van der Waals surface area contributed by atoms with Crippen LogP contribution in [0.3, 0.4) is 0 Å². The van der Waals surface area contributed by atoms with E-state index in [1.807, 2.05) is 6.08 Å². The van der Waals surface area contributed by atoms with Crippen LogP contribution in [0, 0.1) is 11.8 Å². The van der Waals surface area contributed by atoms with Gasteiger partial charge in [-0.15, -0.1) is 6.42 Å². The SMILES string of the molecule is C=C[CH-]CCCCC(C)(C)C. The quantitative estimate of drug-likeness (QED) is 0.414. The first-order chi connectivity index (χ1) is 5.06. The summed E-state index contributed by atoms with van der Waals surface area (Å²) in [7, 11) is 0. The fraction of sp³-hybridized carbons (Fsp3) is 0.727. The van der Waals surface area contributed by atoms with Crippen LogP contribution in [0.2, 0.25) is 0 Å². The lowest BCUT2D eigenvalue weighted by atomic mass is 9.89. The average molecular weight is 153 g/mol. The molecule has 0 radical (unpaired) electrons. The molecule has 0 aromatic rings. The van der Waals surface area contributed by atoms with Gasteiger partial charge in [0.05, 0.1) is 0 Å². The van der Waals surface area contributed by atoms with E-state index in [2.05, 4.69) is 33.8 Å². The van der Waals surface area contributed by atoms with Crippen LogP contribution in [-0.2, 0) is 0 Å². The number of rotatable bonds is 5. The predicted octanol–water partition coefficient (Wildman–Crippen LogP) is 3.98. The van der Waals surface area contributed by atoms with Crippen molar-refractivity contribution in [3.8, 4) is 0 Å². The Bertz CT molecular complexity index is 95.1. The Morgan fingerprint density at radius 1 is 1.27 bits per heavy atom. The maximum absolute atomic E-state index is 3.65. The van der Waals surface area contributed by atoms with E-state index in [0.717, 1.165) is 0 Å². The molecular weight excluding hydrogens is 132 g/mol. The summed E-state index contributed by atoms with van der Waals surface area (Å²) in [6, 6.07) is 0. The van der Waals surface area contributed by atoms with Crippen LogP contribution < -0.4 is 0 Å². The van der Waals surface area contributed by atoms with E-state index < -0.39 is 0 Å². The van der Waals surface area contributed by atoms with Crippen molar-refractivity contribution in [1.82, 2.24) is 0 Å². The van der Waals surface area contributed by atoms with Crippen molar-refractivity contribution in [2.24, 2.45) is 5.41 Å². The second-order valence-electron chi connectivity index (χ2n) is 4.28. The number of unbranched alkanes of at least 4 members (excludes halogenated alkanes) is 3. The molecule has 0 aliphatic carbocycles. The van der Waals surface area contributed by atoms with Gasteiger partial charge in [0.1, 0.15) is 0 Å². The Balaban J connectivity index is 3.08. The molecule has 11 heavy (non-hydrogen) atoms. The second-order valence-corrected chi connectivity index (χ2v) is 4.28. The summed E-state index contributed by atoms with van der Waals surface area (Å²) in [6.45, 7) is 10.5. The largest absolute Gasteiger partial charge is 0.245 e. The molecule has 0 spiro atoms. The van der Waals surface area contributed by atoms with Crippen LogP contribution in [0.4, 0.5) is 0 Å².